The first-order chi connectivity index (χ1) is 8.05. The number of nitrogens with zero attached hydrogens (tertiary/aromatic N) is 3. The van der Waals surface area contributed by atoms with Gasteiger partial charge in [0.2, 0.25) is 0 Å². The first-order valence-corrected chi connectivity index (χ1v) is 5.46. The van der Waals surface area contributed by atoms with E-state index in [0.29, 0.717) is 26.3 Å². The summed E-state index contributed by atoms with van der Waals surface area (Å²) in [6, 6.07) is 0.999. The number of alkyl halides is 3. The molecule has 1 aromatic rings. The quantitative estimate of drug-likeness (QED) is 0.807. The first-order valence-electron chi connectivity index (χ1n) is 5.46. The summed E-state index contributed by atoms with van der Waals surface area (Å²) in [5.74, 6) is 0. The lowest BCUT2D eigenvalue weighted by Crippen LogP contribution is -2.38. The molecule has 0 amide bonds. The van der Waals surface area contributed by atoms with Gasteiger partial charge in [0, 0.05) is 25.8 Å². The molecule has 0 unspecified atom stereocenters. The minimum absolute atomic E-state index is 0.468. The number of aromatic nitrogens is 2. The van der Waals surface area contributed by atoms with Gasteiger partial charge < -0.3 is 4.74 Å². The molecule has 0 spiro atoms. The summed E-state index contributed by atoms with van der Waals surface area (Å²) in [5.41, 5.74) is -0.834. The molecule has 1 aliphatic rings. The topological polar surface area (TPSA) is 30.3 Å². The Balaban J connectivity index is 1.84. The van der Waals surface area contributed by atoms with Gasteiger partial charge in [0.25, 0.3) is 0 Å². The first kappa shape index (κ1) is 12.4. The molecule has 17 heavy (non-hydrogen) atoms. The highest BCUT2D eigenvalue weighted by Crippen LogP contribution is 2.27. The Bertz CT molecular complexity index is 358. The minimum atomic E-state index is -4.36. The highest BCUT2D eigenvalue weighted by Gasteiger charge is 2.33. The number of hydrogen-bond donors (Lipinski definition) is 0. The average Bonchev–Trinajstić information content (AvgIpc) is 2.76. The van der Waals surface area contributed by atoms with E-state index in [4.69, 9.17) is 4.74 Å². The second kappa shape index (κ2) is 5.05. The van der Waals surface area contributed by atoms with Crippen LogP contribution in [0.5, 0.6) is 0 Å². The predicted molar refractivity (Wildman–Crippen MR) is 54.5 cm³/mol. The fourth-order valence-electron chi connectivity index (χ4n) is 1.71. The lowest BCUT2D eigenvalue weighted by molar-refractivity contribution is -0.141. The average molecular weight is 249 g/mol. The third-order valence-electron chi connectivity index (χ3n) is 2.68. The van der Waals surface area contributed by atoms with Gasteiger partial charge in [-0.3, -0.25) is 9.58 Å². The molecule has 0 saturated carbocycles. The summed E-state index contributed by atoms with van der Waals surface area (Å²) in [5, 5.41) is 3.50. The summed E-state index contributed by atoms with van der Waals surface area (Å²) < 4.78 is 43.4. The van der Waals surface area contributed by atoms with Crippen LogP contribution in [0.15, 0.2) is 12.3 Å². The van der Waals surface area contributed by atoms with Gasteiger partial charge in [-0.1, -0.05) is 0 Å². The van der Waals surface area contributed by atoms with Crippen LogP contribution >= 0.6 is 0 Å². The minimum Gasteiger partial charge on any atom is -0.379 e. The fraction of sp³-hybridized carbons (Fsp3) is 0.700. The summed E-state index contributed by atoms with van der Waals surface area (Å²) in [7, 11) is 0. The van der Waals surface area contributed by atoms with E-state index in [-0.39, 0.29) is 0 Å². The van der Waals surface area contributed by atoms with Crippen LogP contribution in [0.25, 0.3) is 0 Å². The van der Waals surface area contributed by atoms with E-state index in [2.05, 4.69) is 10.00 Å². The SMILES string of the molecule is FC(F)(F)c1ccn(CCN2CCOCC2)n1. The Kier molecular flexibility index (Phi) is 3.68. The van der Waals surface area contributed by atoms with Crippen LogP contribution in [-0.2, 0) is 17.5 Å². The van der Waals surface area contributed by atoms with Crippen molar-refractivity contribution in [2.45, 2.75) is 12.7 Å². The second-order valence-corrected chi connectivity index (χ2v) is 3.92. The highest BCUT2D eigenvalue weighted by molar-refractivity contribution is 5.03. The lowest BCUT2D eigenvalue weighted by atomic mass is 10.4. The molecule has 1 aliphatic heterocycles. The van der Waals surface area contributed by atoms with E-state index < -0.39 is 11.9 Å². The van der Waals surface area contributed by atoms with Crippen LogP contribution in [0.1, 0.15) is 5.69 Å². The molecule has 7 heteroatoms. The number of morpholine rings is 1. The van der Waals surface area contributed by atoms with Gasteiger partial charge in [0.15, 0.2) is 5.69 Å². The largest absolute Gasteiger partial charge is 0.435 e. The molecule has 2 heterocycles. The number of hydrogen-bond acceptors (Lipinski definition) is 3. The normalized spacial score (nSPS) is 18.5. The van der Waals surface area contributed by atoms with Crippen molar-refractivity contribution in [3.8, 4) is 0 Å². The maximum Gasteiger partial charge on any atom is 0.435 e. The van der Waals surface area contributed by atoms with E-state index in [0.717, 1.165) is 19.2 Å². The zero-order valence-corrected chi connectivity index (χ0v) is 9.28. The molecule has 0 atom stereocenters. The summed E-state index contributed by atoms with van der Waals surface area (Å²) in [6.07, 6.45) is -2.99. The van der Waals surface area contributed by atoms with E-state index >= 15 is 0 Å². The van der Waals surface area contributed by atoms with Crippen LogP contribution in [0, 0.1) is 0 Å². The molecule has 0 radical (unpaired) electrons. The van der Waals surface area contributed by atoms with Crippen LogP contribution in [-0.4, -0.2) is 47.5 Å². The maximum absolute atomic E-state index is 12.3. The molecule has 0 N–H and O–H groups in total. The molecule has 0 aromatic carbocycles. The molecule has 0 aliphatic carbocycles. The zero-order valence-electron chi connectivity index (χ0n) is 9.28. The molecule has 0 bridgehead atoms. The molecule has 1 aromatic heterocycles. The Morgan fingerprint density at radius 1 is 1.24 bits per heavy atom. The number of rotatable bonds is 3. The molecule has 2 rings (SSSR count). The smallest absolute Gasteiger partial charge is 0.379 e. The van der Waals surface area contributed by atoms with Crippen LogP contribution in [0.4, 0.5) is 13.2 Å². The van der Waals surface area contributed by atoms with Crippen molar-refractivity contribution < 1.29 is 17.9 Å². The maximum atomic E-state index is 12.3. The third-order valence-corrected chi connectivity index (χ3v) is 2.68. The van der Waals surface area contributed by atoms with Gasteiger partial charge in [-0.25, -0.2) is 0 Å². The van der Waals surface area contributed by atoms with E-state index in [1.54, 1.807) is 0 Å². The van der Waals surface area contributed by atoms with E-state index in [1.807, 2.05) is 0 Å². The van der Waals surface area contributed by atoms with Gasteiger partial charge in [-0.2, -0.15) is 18.3 Å². The van der Waals surface area contributed by atoms with Crippen molar-refractivity contribution >= 4 is 0 Å². The van der Waals surface area contributed by atoms with Gasteiger partial charge >= 0.3 is 6.18 Å². The molecular formula is C10H14F3N3O. The van der Waals surface area contributed by atoms with Crippen molar-refractivity contribution in [1.82, 2.24) is 14.7 Å². The van der Waals surface area contributed by atoms with Crippen molar-refractivity contribution in [2.24, 2.45) is 0 Å². The van der Waals surface area contributed by atoms with Crippen LogP contribution < -0.4 is 0 Å². The van der Waals surface area contributed by atoms with Crippen molar-refractivity contribution in [3.05, 3.63) is 18.0 Å². The molecule has 1 fully saturated rings. The van der Waals surface area contributed by atoms with Crippen LogP contribution in [0.3, 0.4) is 0 Å². The Morgan fingerprint density at radius 3 is 2.53 bits per heavy atom. The summed E-state index contributed by atoms with van der Waals surface area (Å²) in [6.45, 7) is 4.19. The Labute approximate surface area is 97.0 Å². The lowest BCUT2D eigenvalue weighted by Gasteiger charge is -2.26. The fourth-order valence-corrected chi connectivity index (χ4v) is 1.71. The van der Waals surface area contributed by atoms with E-state index in [1.165, 1.54) is 10.9 Å². The number of halogens is 3. The Hall–Kier alpha value is -1.08. The van der Waals surface area contributed by atoms with Gasteiger partial charge in [0.1, 0.15) is 0 Å². The summed E-state index contributed by atoms with van der Waals surface area (Å²) >= 11 is 0. The molecular weight excluding hydrogens is 235 g/mol. The predicted octanol–water partition coefficient (Wildman–Crippen LogP) is 1.23. The molecule has 1 saturated heterocycles. The van der Waals surface area contributed by atoms with Gasteiger partial charge in [0.05, 0.1) is 19.8 Å². The van der Waals surface area contributed by atoms with Gasteiger partial charge in [-0.05, 0) is 6.07 Å². The van der Waals surface area contributed by atoms with Crippen molar-refractivity contribution in [2.75, 3.05) is 32.8 Å². The highest BCUT2D eigenvalue weighted by atomic mass is 19.4. The van der Waals surface area contributed by atoms with Crippen LogP contribution in [0.2, 0.25) is 0 Å². The van der Waals surface area contributed by atoms with Crippen molar-refractivity contribution in [1.29, 1.82) is 0 Å². The monoisotopic (exact) mass is 249 g/mol. The van der Waals surface area contributed by atoms with E-state index in [9.17, 15) is 13.2 Å². The zero-order chi connectivity index (χ0) is 12.3. The number of ether oxygens (including phenoxy) is 1. The second-order valence-electron chi connectivity index (χ2n) is 3.92. The molecule has 4 nitrogen and oxygen atoms in total. The Morgan fingerprint density at radius 2 is 1.94 bits per heavy atom. The third kappa shape index (κ3) is 3.44. The summed E-state index contributed by atoms with van der Waals surface area (Å²) in [4.78, 5) is 2.15. The van der Waals surface area contributed by atoms with Crippen molar-refractivity contribution in [3.63, 3.8) is 0 Å². The van der Waals surface area contributed by atoms with Gasteiger partial charge in [-0.15, -0.1) is 0 Å². The molecule has 96 valence electrons. The standard InChI is InChI=1S/C10H14F3N3O/c11-10(12,13)9-1-2-16(14-9)4-3-15-5-7-17-8-6-15/h1-2H,3-8H2.